The summed E-state index contributed by atoms with van der Waals surface area (Å²) in [5, 5.41) is 6.81. The zero-order valence-corrected chi connectivity index (χ0v) is 22.3. The first-order valence-electron chi connectivity index (χ1n) is 12.9. The number of benzene rings is 1. The van der Waals surface area contributed by atoms with Gasteiger partial charge in [-0.3, -0.25) is 9.59 Å². The van der Waals surface area contributed by atoms with E-state index in [1.54, 1.807) is 38.5 Å². The summed E-state index contributed by atoms with van der Waals surface area (Å²) in [6, 6.07) is 4.91. The van der Waals surface area contributed by atoms with Gasteiger partial charge in [0.2, 0.25) is 17.8 Å². The summed E-state index contributed by atoms with van der Waals surface area (Å²) in [6.45, 7) is 8.15. The average Bonchev–Trinajstić information content (AvgIpc) is 3.60. The van der Waals surface area contributed by atoms with Crippen LogP contribution in [0, 0.1) is 11.2 Å². The van der Waals surface area contributed by atoms with Gasteiger partial charge < -0.3 is 25.4 Å². The Morgan fingerprint density at radius 3 is 2.63 bits per heavy atom. The Morgan fingerprint density at radius 2 is 1.95 bits per heavy atom. The molecule has 0 spiro atoms. The molecule has 2 aliphatic heterocycles. The summed E-state index contributed by atoms with van der Waals surface area (Å²) in [6.07, 6.45) is 7.97. The number of fused-ring (bicyclic) bond motifs is 2. The number of hydrogen-bond acceptors (Lipinski definition) is 6. The van der Waals surface area contributed by atoms with E-state index in [9.17, 15) is 14.0 Å². The first-order chi connectivity index (χ1) is 18.1. The molecule has 2 aromatic heterocycles. The second-order valence-corrected chi connectivity index (χ2v) is 11.1. The second kappa shape index (κ2) is 9.83. The largest absolute Gasteiger partial charge is 0.360 e. The summed E-state index contributed by atoms with van der Waals surface area (Å²) < 4.78 is 13.9. The maximum Gasteiger partial charge on any atom is 0.246 e. The topological polar surface area (TPSA) is 106 Å². The second-order valence-electron chi connectivity index (χ2n) is 11.1. The van der Waals surface area contributed by atoms with E-state index in [0.29, 0.717) is 24.4 Å². The molecule has 5 rings (SSSR count). The molecule has 10 heteroatoms. The SMILES string of the molecule is CNC(C)C(=O)NC(C(=O)N1CCC2C1C(c1c[nH]c3cc(F)ccc13)=CN2c1ncccn1)C(C)(C)C. The Kier molecular flexibility index (Phi) is 6.68. The number of likely N-dealkylation sites (tertiary alicyclic amines) is 1. The van der Waals surface area contributed by atoms with E-state index in [2.05, 4.69) is 25.6 Å². The third-order valence-corrected chi connectivity index (χ3v) is 7.57. The Bertz CT molecular complexity index is 1380. The summed E-state index contributed by atoms with van der Waals surface area (Å²) in [5.41, 5.74) is 1.99. The van der Waals surface area contributed by atoms with Crippen molar-refractivity contribution in [3.8, 4) is 0 Å². The van der Waals surface area contributed by atoms with Gasteiger partial charge in [0, 0.05) is 53.4 Å². The Hall–Kier alpha value is -3.79. The number of carbonyl (C=O) groups is 2. The third kappa shape index (κ3) is 4.53. The molecule has 1 fully saturated rings. The maximum atomic E-state index is 14.2. The van der Waals surface area contributed by atoms with Crippen LogP contribution in [0.3, 0.4) is 0 Å². The number of amides is 2. The fourth-order valence-electron chi connectivity index (χ4n) is 5.42. The van der Waals surface area contributed by atoms with E-state index in [1.165, 1.54) is 12.1 Å². The lowest BCUT2D eigenvalue weighted by atomic mass is 9.85. The van der Waals surface area contributed by atoms with Gasteiger partial charge in [0.15, 0.2) is 0 Å². The summed E-state index contributed by atoms with van der Waals surface area (Å²) in [5.74, 6) is -0.118. The molecule has 0 radical (unpaired) electrons. The van der Waals surface area contributed by atoms with E-state index in [1.807, 2.05) is 43.0 Å². The number of nitrogens with zero attached hydrogens (tertiary/aromatic N) is 4. The molecule has 4 unspecified atom stereocenters. The highest BCUT2D eigenvalue weighted by molar-refractivity contribution is 5.98. The van der Waals surface area contributed by atoms with Crippen LogP contribution in [-0.2, 0) is 9.59 Å². The van der Waals surface area contributed by atoms with Crippen LogP contribution < -0.4 is 15.5 Å². The van der Waals surface area contributed by atoms with Crippen molar-refractivity contribution in [2.75, 3.05) is 18.5 Å². The molecule has 0 aliphatic carbocycles. The van der Waals surface area contributed by atoms with E-state index in [4.69, 9.17) is 0 Å². The molecule has 1 aromatic carbocycles. The molecule has 0 saturated carbocycles. The molecule has 3 N–H and O–H groups in total. The van der Waals surface area contributed by atoms with Crippen molar-refractivity contribution in [3.05, 3.63) is 60.4 Å². The van der Waals surface area contributed by atoms with Crippen LogP contribution in [0.25, 0.3) is 16.5 Å². The molecular weight excluding hydrogens is 485 g/mol. The van der Waals surface area contributed by atoms with Crippen molar-refractivity contribution < 1.29 is 14.0 Å². The van der Waals surface area contributed by atoms with Gasteiger partial charge in [-0.15, -0.1) is 0 Å². The van der Waals surface area contributed by atoms with Crippen molar-refractivity contribution in [2.24, 2.45) is 5.41 Å². The summed E-state index contributed by atoms with van der Waals surface area (Å²) >= 11 is 0. The van der Waals surface area contributed by atoms with Crippen molar-refractivity contribution in [2.45, 2.75) is 58.3 Å². The molecule has 2 aliphatic rings. The number of halogens is 1. The number of rotatable bonds is 6. The molecule has 4 atom stereocenters. The number of carbonyl (C=O) groups excluding carboxylic acids is 2. The summed E-state index contributed by atoms with van der Waals surface area (Å²) in [4.78, 5) is 43.1. The van der Waals surface area contributed by atoms with Crippen molar-refractivity contribution in [1.29, 1.82) is 0 Å². The standard InChI is InChI=1S/C28H34FN7O2/c1-16(30-5)25(37)34-24(28(2,3)4)26(38)35-12-9-22-23(35)20(15-36(22)27-31-10-6-11-32-27)19-14-33-21-13-17(29)7-8-18(19)21/h6-8,10-11,13-16,22-24,30,33H,9,12H2,1-5H3,(H,34,37). The minimum Gasteiger partial charge on any atom is -0.360 e. The maximum absolute atomic E-state index is 14.2. The first kappa shape index (κ1) is 25.8. The molecule has 38 heavy (non-hydrogen) atoms. The lowest BCUT2D eigenvalue weighted by Gasteiger charge is -2.36. The van der Waals surface area contributed by atoms with Gasteiger partial charge >= 0.3 is 0 Å². The van der Waals surface area contributed by atoms with Crippen LogP contribution in [0.4, 0.5) is 10.3 Å². The normalized spacial score (nSPS) is 20.8. The zero-order chi connectivity index (χ0) is 27.2. The lowest BCUT2D eigenvalue weighted by molar-refractivity contribution is -0.139. The number of nitrogens with one attached hydrogen (secondary N) is 3. The van der Waals surface area contributed by atoms with E-state index in [0.717, 1.165) is 16.5 Å². The van der Waals surface area contributed by atoms with Crippen LogP contribution >= 0.6 is 0 Å². The van der Waals surface area contributed by atoms with Crippen molar-refractivity contribution >= 4 is 34.2 Å². The van der Waals surface area contributed by atoms with Gasteiger partial charge in [-0.25, -0.2) is 14.4 Å². The monoisotopic (exact) mass is 519 g/mol. The molecule has 0 bridgehead atoms. The molecule has 4 heterocycles. The number of hydrogen-bond donors (Lipinski definition) is 3. The van der Waals surface area contributed by atoms with Crippen LogP contribution in [0.1, 0.15) is 39.7 Å². The Labute approximate surface area is 221 Å². The van der Waals surface area contributed by atoms with Gasteiger partial charge in [-0.2, -0.15) is 0 Å². The van der Waals surface area contributed by atoms with Crippen molar-refractivity contribution in [1.82, 2.24) is 30.5 Å². The molecule has 200 valence electrons. The molecular formula is C28H34FN7O2. The number of H-pyrrole nitrogens is 1. The van der Waals surface area contributed by atoms with Gasteiger partial charge in [0.25, 0.3) is 0 Å². The van der Waals surface area contributed by atoms with Crippen LogP contribution in [0.5, 0.6) is 0 Å². The first-order valence-corrected chi connectivity index (χ1v) is 12.9. The third-order valence-electron chi connectivity index (χ3n) is 7.57. The fraction of sp³-hybridized carbons (Fsp3) is 0.429. The van der Waals surface area contributed by atoms with Crippen LogP contribution in [0.15, 0.2) is 49.1 Å². The Morgan fingerprint density at radius 1 is 1.21 bits per heavy atom. The highest BCUT2D eigenvalue weighted by Gasteiger charge is 2.50. The van der Waals surface area contributed by atoms with Gasteiger partial charge in [0.05, 0.1) is 18.1 Å². The van der Waals surface area contributed by atoms with E-state index in [-0.39, 0.29) is 29.7 Å². The smallest absolute Gasteiger partial charge is 0.246 e. The van der Waals surface area contributed by atoms with E-state index >= 15 is 0 Å². The van der Waals surface area contributed by atoms with Gasteiger partial charge in [0.1, 0.15) is 11.9 Å². The highest BCUT2D eigenvalue weighted by atomic mass is 19.1. The van der Waals surface area contributed by atoms with E-state index < -0.39 is 17.5 Å². The van der Waals surface area contributed by atoms with Crippen LogP contribution in [-0.4, -0.2) is 69.4 Å². The lowest BCUT2D eigenvalue weighted by Crippen LogP contribution is -2.58. The molecule has 1 saturated heterocycles. The predicted molar refractivity (Wildman–Crippen MR) is 145 cm³/mol. The number of aromatic nitrogens is 3. The minimum absolute atomic E-state index is 0.0747. The predicted octanol–water partition coefficient (Wildman–Crippen LogP) is 3.07. The van der Waals surface area contributed by atoms with Gasteiger partial charge in [-0.05, 0) is 50.1 Å². The number of anilines is 1. The molecule has 2 amide bonds. The number of likely N-dealkylation sites (N-methyl/N-ethyl adjacent to an activating group) is 1. The zero-order valence-electron chi connectivity index (χ0n) is 22.3. The average molecular weight is 520 g/mol. The Balaban J connectivity index is 1.56. The molecule has 3 aromatic rings. The molecule has 9 nitrogen and oxygen atoms in total. The minimum atomic E-state index is -0.718. The van der Waals surface area contributed by atoms with Gasteiger partial charge in [-0.1, -0.05) is 20.8 Å². The van der Waals surface area contributed by atoms with Crippen molar-refractivity contribution in [3.63, 3.8) is 0 Å². The summed E-state index contributed by atoms with van der Waals surface area (Å²) in [7, 11) is 1.71. The van der Waals surface area contributed by atoms with Crippen LogP contribution in [0.2, 0.25) is 0 Å². The number of aromatic amines is 1. The fourth-order valence-corrected chi connectivity index (χ4v) is 5.42. The highest BCUT2D eigenvalue weighted by Crippen LogP contribution is 2.43. The quantitative estimate of drug-likeness (QED) is 0.462.